The predicted molar refractivity (Wildman–Crippen MR) is 98.0 cm³/mol. The Morgan fingerprint density at radius 1 is 1.00 bits per heavy atom. The number of rotatable bonds is 6. The van der Waals surface area contributed by atoms with Gasteiger partial charge in [-0.1, -0.05) is 39.3 Å². The van der Waals surface area contributed by atoms with Crippen LogP contribution in [0, 0.1) is 0 Å². The third-order valence-corrected chi connectivity index (χ3v) is 5.31. The van der Waals surface area contributed by atoms with Gasteiger partial charge in [0.1, 0.15) is 18.0 Å². The fourth-order valence-electron chi connectivity index (χ4n) is 2.93. The lowest BCUT2D eigenvalue weighted by Crippen LogP contribution is -2.39. The molecule has 0 heterocycles. The lowest BCUT2D eigenvalue weighted by molar-refractivity contribution is 0.0136. The SMILES string of the molecule is CC(C)OS(=O)(=O)OC1CCCCC1Oc1ccc(C(C)(C)C)cc1. The molecular weight excluding hydrogens is 340 g/mol. The van der Waals surface area contributed by atoms with Crippen molar-refractivity contribution in [2.24, 2.45) is 0 Å². The third kappa shape index (κ3) is 6.28. The summed E-state index contributed by atoms with van der Waals surface area (Å²) < 4.78 is 40.1. The van der Waals surface area contributed by atoms with Crippen LogP contribution in [-0.4, -0.2) is 26.7 Å². The van der Waals surface area contributed by atoms with Crippen molar-refractivity contribution in [2.75, 3.05) is 0 Å². The van der Waals surface area contributed by atoms with Gasteiger partial charge in [-0.15, -0.1) is 0 Å². The van der Waals surface area contributed by atoms with Crippen molar-refractivity contribution in [2.45, 2.75) is 84.0 Å². The second-order valence-electron chi connectivity index (χ2n) is 7.90. The highest BCUT2D eigenvalue weighted by Gasteiger charge is 2.33. The average Bonchev–Trinajstić information content (AvgIpc) is 2.47. The van der Waals surface area contributed by atoms with Crippen LogP contribution in [0.1, 0.15) is 65.9 Å². The summed E-state index contributed by atoms with van der Waals surface area (Å²) in [4.78, 5) is 0. The van der Waals surface area contributed by atoms with Crippen LogP contribution >= 0.6 is 0 Å². The maximum absolute atomic E-state index is 12.0. The molecule has 1 aromatic carbocycles. The van der Waals surface area contributed by atoms with Crippen LogP contribution in [0.4, 0.5) is 0 Å². The van der Waals surface area contributed by atoms with Crippen molar-refractivity contribution in [3.63, 3.8) is 0 Å². The van der Waals surface area contributed by atoms with E-state index in [0.717, 1.165) is 25.0 Å². The molecule has 0 radical (unpaired) electrons. The fraction of sp³-hybridized carbons (Fsp3) is 0.684. The van der Waals surface area contributed by atoms with Crippen molar-refractivity contribution in [1.29, 1.82) is 0 Å². The number of benzene rings is 1. The molecule has 2 unspecified atom stereocenters. The average molecular weight is 371 g/mol. The highest BCUT2D eigenvalue weighted by molar-refractivity contribution is 7.81. The van der Waals surface area contributed by atoms with Gasteiger partial charge in [-0.05, 0) is 56.2 Å². The molecule has 1 aliphatic rings. The van der Waals surface area contributed by atoms with E-state index in [2.05, 4.69) is 20.8 Å². The van der Waals surface area contributed by atoms with Gasteiger partial charge in [-0.25, -0.2) is 8.37 Å². The lowest BCUT2D eigenvalue weighted by atomic mass is 9.87. The Morgan fingerprint density at radius 3 is 2.08 bits per heavy atom. The first-order valence-corrected chi connectivity index (χ1v) is 10.3. The molecule has 6 heteroatoms. The molecule has 2 atom stereocenters. The molecular formula is C19H30O5S. The zero-order valence-corrected chi connectivity index (χ0v) is 16.6. The summed E-state index contributed by atoms with van der Waals surface area (Å²) in [5.74, 6) is 0.732. The molecule has 25 heavy (non-hydrogen) atoms. The first-order valence-electron chi connectivity index (χ1n) is 8.95. The summed E-state index contributed by atoms with van der Waals surface area (Å²) in [6.45, 7) is 9.80. The maximum Gasteiger partial charge on any atom is 0.400 e. The Bertz CT molecular complexity index is 643. The van der Waals surface area contributed by atoms with Gasteiger partial charge in [-0.3, -0.25) is 0 Å². The van der Waals surface area contributed by atoms with Crippen LogP contribution in [0.2, 0.25) is 0 Å². The zero-order valence-electron chi connectivity index (χ0n) is 15.8. The van der Waals surface area contributed by atoms with E-state index in [0.29, 0.717) is 6.42 Å². The molecule has 0 amide bonds. The molecule has 0 aromatic heterocycles. The van der Waals surface area contributed by atoms with Crippen LogP contribution in [0.5, 0.6) is 5.75 Å². The van der Waals surface area contributed by atoms with Crippen molar-refractivity contribution in [1.82, 2.24) is 0 Å². The summed E-state index contributed by atoms with van der Waals surface area (Å²) in [5, 5.41) is 0. The van der Waals surface area contributed by atoms with Crippen LogP contribution in [0.25, 0.3) is 0 Å². The van der Waals surface area contributed by atoms with Gasteiger partial charge >= 0.3 is 10.4 Å². The Hall–Kier alpha value is -1.11. The van der Waals surface area contributed by atoms with Gasteiger partial charge in [-0.2, -0.15) is 8.42 Å². The van der Waals surface area contributed by atoms with Crippen molar-refractivity contribution < 1.29 is 21.5 Å². The van der Waals surface area contributed by atoms with E-state index in [9.17, 15) is 8.42 Å². The Kier molecular flexibility index (Phi) is 6.51. The Labute approximate surface area is 152 Å². The first kappa shape index (κ1) is 20.2. The van der Waals surface area contributed by atoms with E-state index >= 15 is 0 Å². The third-order valence-electron chi connectivity index (χ3n) is 4.20. The minimum absolute atomic E-state index is 0.0806. The van der Waals surface area contributed by atoms with Crippen molar-refractivity contribution >= 4 is 10.4 Å². The molecule has 0 aliphatic heterocycles. The number of hydrogen-bond donors (Lipinski definition) is 0. The van der Waals surface area contributed by atoms with Gasteiger partial charge in [0.05, 0.1) is 6.10 Å². The highest BCUT2D eigenvalue weighted by Crippen LogP contribution is 2.29. The summed E-state index contributed by atoms with van der Waals surface area (Å²) in [7, 11) is -4.01. The zero-order chi connectivity index (χ0) is 18.7. The van der Waals surface area contributed by atoms with E-state index in [1.54, 1.807) is 13.8 Å². The van der Waals surface area contributed by atoms with E-state index in [1.165, 1.54) is 5.56 Å². The van der Waals surface area contributed by atoms with Crippen LogP contribution in [0.3, 0.4) is 0 Å². The standard InChI is InChI=1S/C19H30O5S/c1-14(2)23-25(20,21)24-18-9-7-6-8-17(18)22-16-12-10-15(11-13-16)19(3,4)5/h10-14,17-18H,6-9H2,1-5H3. The highest BCUT2D eigenvalue weighted by atomic mass is 32.3. The van der Waals surface area contributed by atoms with E-state index in [4.69, 9.17) is 13.1 Å². The smallest absolute Gasteiger partial charge is 0.400 e. The second kappa shape index (κ2) is 8.06. The minimum atomic E-state index is -4.01. The first-order chi connectivity index (χ1) is 11.6. The molecule has 1 fully saturated rings. The molecule has 1 aromatic rings. The molecule has 1 aliphatic carbocycles. The van der Waals surface area contributed by atoms with E-state index in [-0.39, 0.29) is 11.5 Å². The maximum atomic E-state index is 12.0. The Morgan fingerprint density at radius 2 is 1.56 bits per heavy atom. The van der Waals surface area contributed by atoms with Gasteiger partial charge < -0.3 is 4.74 Å². The summed E-state index contributed by atoms with van der Waals surface area (Å²) >= 11 is 0. The molecule has 5 nitrogen and oxygen atoms in total. The predicted octanol–water partition coefficient (Wildman–Crippen LogP) is 4.36. The number of ether oxygens (including phenoxy) is 1. The summed E-state index contributed by atoms with van der Waals surface area (Å²) in [5.41, 5.74) is 1.31. The number of hydrogen-bond acceptors (Lipinski definition) is 5. The lowest BCUT2D eigenvalue weighted by Gasteiger charge is -2.31. The fourth-order valence-corrected chi connectivity index (χ4v) is 3.97. The molecule has 142 valence electrons. The topological polar surface area (TPSA) is 61.8 Å². The molecule has 0 spiro atoms. The summed E-state index contributed by atoms with van der Waals surface area (Å²) in [6, 6.07) is 7.97. The van der Waals surface area contributed by atoms with Gasteiger partial charge in [0.2, 0.25) is 0 Å². The molecule has 0 bridgehead atoms. The van der Waals surface area contributed by atoms with Crippen LogP contribution in [-0.2, 0) is 24.2 Å². The Balaban J connectivity index is 2.05. The quantitative estimate of drug-likeness (QED) is 0.744. The van der Waals surface area contributed by atoms with Gasteiger partial charge in [0, 0.05) is 0 Å². The normalized spacial score (nSPS) is 22.2. The van der Waals surface area contributed by atoms with Crippen molar-refractivity contribution in [3.05, 3.63) is 29.8 Å². The molecule has 0 N–H and O–H groups in total. The largest absolute Gasteiger partial charge is 0.488 e. The minimum Gasteiger partial charge on any atom is -0.488 e. The van der Waals surface area contributed by atoms with E-state index in [1.807, 2.05) is 24.3 Å². The van der Waals surface area contributed by atoms with Crippen LogP contribution < -0.4 is 4.74 Å². The van der Waals surface area contributed by atoms with Gasteiger partial charge in [0.25, 0.3) is 0 Å². The van der Waals surface area contributed by atoms with E-state index < -0.39 is 22.6 Å². The molecule has 2 rings (SSSR count). The molecule has 1 saturated carbocycles. The summed E-state index contributed by atoms with van der Waals surface area (Å²) in [6.07, 6.45) is 2.08. The van der Waals surface area contributed by atoms with Crippen molar-refractivity contribution in [3.8, 4) is 5.75 Å². The molecule has 0 saturated heterocycles. The van der Waals surface area contributed by atoms with Gasteiger partial charge in [0.15, 0.2) is 0 Å². The monoisotopic (exact) mass is 370 g/mol. The van der Waals surface area contributed by atoms with Crippen LogP contribution in [0.15, 0.2) is 24.3 Å². The second-order valence-corrected chi connectivity index (χ2v) is 9.10.